The number of nitrogens with zero attached hydrogens (tertiary/aromatic N) is 3. The average Bonchev–Trinajstić information content (AvgIpc) is 3.43. The van der Waals surface area contributed by atoms with E-state index in [9.17, 15) is 10.4 Å². The molecule has 37 heavy (non-hydrogen) atoms. The number of nitriles is 1. The summed E-state index contributed by atoms with van der Waals surface area (Å²) in [6.07, 6.45) is 2.07. The monoisotopic (exact) mass is 495 g/mol. The quantitative estimate of drug-likeness (QED) is 0.389. The number of hydrogen-bond donors (Lipinski definition) is 2. The Morgan fingerprint density at radius 3 is 2.41 bits per heavy atom. The van der Waals surface area contributed by atoms with Crippen molar-refractivity contribution < 1.29 is 19.3 Å². The van der Waals surface area contributed by atoms with Gasteiger partial charge in [-0.15, -0.1) is 0 Å². The number of ether oxygens (including phenoxy) is 1. The molecule has 1 aromatic heterocycles. The van der Waals surface area contributed by atoms with E-state index in [4.69, 9.17) is 9.26 Å². The van der Waals surface area contributed by atoms with Crippen LogP contribution in [-0.4, -0.2) is 34.4 Å². The van der Waals surface area contributed by atoms with Crippen LogP contribution in [0.5, 0.6) is 5.75 Å². The summed E-state index contributed by atoms with van der Waals surface area (Å²) in [6.45, 7) is 4.49. The Hall–Kier alpha value is -3.99. The van der Waals surface area contributed by atoms with E-state index in [1.165, 1.54) is 4.90 Å². The second kappa shape index (κ2) is 11.0. The van der Waals surface area contributed by atoms with Gasteiger partial charge in [0, 0.05) is 12.3 Å². The minimum Gasteiger partial charge on any atom is -0.484 e. The van der Waals surface area contributed by atoms with Crippen LogP contribution in [0.15, 0.2) is 89.5 Å². The first-order valence-electron chi connectivity index (χ1n) is 12.8. The van der Waals surface area contributed by atoms with Gasteiger partial charge in [-0.2, -0.15) is 10.2 Å². The summed E-state index contributed by atoms with van der Waals surface area (Å²) in [5, 5.41) is 25.4. The molecule has 5 rings (SSSR count). The molecule has 3 aromatic carbocycles. The summed E-state index contributed by atoms with van der Waals surface area (Å²) in [6, 6.07) is 28.3. The maximum atomic E-state index is 11.9. The van der Waals surface area contributed by atoms with Gasteiger partial charge >= 0.3 is 0 Å². The van der Waals surface area contributed by atoms with Crippen LogP contribution in [0.1, 0.15) is 48.2 Å². The Kier molecular flexibility index (Phi) is 7.31. The molecule has 2 N–H and O–H groups in total. The maximum absolute atomic E-state index is 11.9. The Morgan fingerprint density at radius 1 is 1.05 bits per heavy atom. The van der Waals surface area contributed by atoms with Gasteiger partial charge in [0.2, 0.25) is 5.82 Å². The molecule has 0 radical (unpaired) electrons. The summed E-state index contributed by atoms with van der Waals surface area (Å²) < 4.78 is 12.0. The zero-order valence-corrected chi connectivity index (χ0v) is 20.9. The van der Waals surface area contributed by atoms with Crippen molar-refractivity contribution in [2.24, 2.45) is 5.92 Å². The molecule has 1 saturated heterocycles. The molecule has 4 aromatic rings. The molecular weight excluding hydrogens is 464 g/mol. The number of piperidine rings is 1. The molecule has 0 saturated carbocycles. The fourth-order valence-electron chi connectivity index (χ4n) is 5.18. The van der Waals surface area contributed by atoms with Gasteiger partial charge < -0.3 is 19.3 Å². The van der Waals surface area contributed by atoms with Gasteiger partial charge in [-0.05, 0) is 35.7 Å². The number of rotatable bonds is 8. The third-order valence-electron chi connectivity index (χ3n) is 7.24. The number of nitrogens with one attached hydrogen (secondary N) is 1. The molecule has 1 fully saturated rings. The van der Waals surface area contributed by atoms with E-state index in [0.717, 1.165) is 31.7 Å². The van der Waals surface area contributed by atoms with Crippen molar-refractivity contribution in [2.75, 3.05) is 13.1 Å². The number of likely N-dealkylation sites (tertiary alicyclic amines) is 1. The fraction of sp³-hybridized carbons (Fsp3) is 0.300. The van der Waals surface area contributed by atoms with Crippen LogP contribution in [-0.2, 0) is 12.1 Å². The van der Waals surface area contributed by atoms with E-state index in [2.05, 4.69) is 23.1 Å². The van der Waals surface area contributed by atoms with Gasteiger partial charge in [-0.25, -0.2) is 0 Å². The summed E-state index contributed by atoms with van der Waals surface area (Å²) in [4.78, 5) is 5.96. The molecule has 3 atom stereocenters. The SMILES string of the molecule is CCC1CC[NH+](Cc2nc(C(O)(c3ccccc3)c3ccccc3)no2)CC1Oc1cccc(C#N)c1. The second-order valence-electron chi connectivity index (χ2n) is 9.59. The standard InChI is InChI=1S/C30H30N4O3/c1-2-23-16-17-34(20-27(23)36-26-15-9-10-22(18-26)19-31)21-28-32-29(33-37-28)30(35,24-11-5-3-6-12-24)25-13-7-4-8-14-25/h3-15,18,23,27,35H,2,16-17,20-21H2,1H3/p+1. The smallest absolute Gasteiger partial charge is 0.281 e. The largest absolute Gasteiger partial charge is 0.484 e. The zero-order valence-electron chi connectivity index (χ0n) is 20.9. The highest BCUT2D eigenvalue weighted by molar-refractivity contribution is 5.42. The number of benzene rings is 3. The first-order chi connectivity index (χ1) is 18.1. The third kappa shape index (κ3) is 5.26. The van der Waals surface area contributed by atoms with Crippen molar-refractivity contribution in [3.05, 3.63) is 113 Å². The Balaban J connectivity index is 1.35. The van der Waals surface area contributed by atoms with Crippen molar-refractivity contribution >= 4 is 0 Å². The molecule has 0 amide bonds. The molecule has 1 aliphatic heterocycles. The van der Waals surface area contributed by atoms with Crippen LogP contribution in [0.25, 0.3) is 0 Å². The summed E-state index contributed by atoms with van der Waals surface area (Å²) in [5.41, 5.74) is 0.426. The predicted octanol–water partition coefficient (Wildman–Crippen LogP) is 3.49. The lowest BCUT2D eigenvalue weighted by molar-refractivity contribution is -0.924. The lowest BCUT2D eigenvalue weighted by Gasteiger charge is -2.35. The van der Waals surface area contributed by atoms with Crippen LogP contribution in [0.4, 0.5) is 0 Å². The molecule has 2 heterocycles. The Labute approximate surface area is 216 Å². The van der Waals surface area contributed by atoms with Crippen molar-refractivity contribution in [2.45, 2.75) is 38.0 Å². The maximum Gasteiger partial charge on any atom is 0.281 e. The molecule has 1 aliphatic rings. The van der Waals surface area contributed by atoms with Crippen molar-refractivity contribution in [1.82, 2.24) is 10.1 Å². The first-order valence-corrected chi connectivity index (χ1v) is 12.8. The number of quaternary nitrogens is 1. The van der Waals surface area contributed by atoms with Crippen molar-refractivity contribution in [1.29, 1.82) is 5.26 Å². The highest BCUT2D eigenvalue weighted by atomic mass is 16.5. The molecule has 7 nitrogen and oxygen atoms in total. The minimum atomic E-state index is -1.52. The second-order valence-corrected chi connectivity index (χ2v) is 9.59. The van der Waals surface area contributed by atoms with Gasteiger partial charge in [-0.3, -0.25) is 0 Å². The van der Waals surface area contributed by atoms with Crippen LogP contribution < -0.4 is 9.64 Å². The Morgan fingerprint density at radius 2 is 1.76 bits per heavy atom. The average molecular weight is 496 g/mol. The van der Waals surface area contributed by atoms with Gasteiger partial charge in [0.05, 0.1) is 18.2 Å². The number of hydrogen-bond acceptors (Lipinski definition) is 6. The van der Waals surface area contributed by atoms with Crippen LogP contribution in [0.2, 0.25) is 0 Å². The van der Waals surface area contributed by atoms with E-state index in [1.807, 2.05) is 72.8 Å². The van der Waals surface area contributed by atoms with Crippen LogP contribution >= 0.6 is 0 Å². The number of aliphatic hydroxyl groups is 1. The molecule has 0 aliphatic carbocycles. The third-order valence-corrected chi connectivity index (χ3v) is 7.24. The first kappa shape index (κ1) is 24.7. The highest BCUT2D eigenvalue weighted by Crippen LogP contribution is 2.34. The Bertz CT molecular complexity index is 1310. The summed E-state index contributed by atoms with van der Waals surface area (Å²) in [5.74, 6) is 1.87. The van der Waals surface area contributed by atoms with Gasteiger partial charge in [0.1, 0.15) is 12.3 Å². The lowest BCUT2D eigenvalue weighted by Crippen LogP contribution is -3.13. The molecule has 0 spiro atoms. The molecule has 0 bridgehead atoms. The predicted molar refractivity (Wildman–Crippen MR) is 138 cm³/mol. The molecule has 7 heteroatoms. The van der Waals surface area contributed by atoms with Gasteiger partial charge in [-0.1, -0.05) is 78.8 Å². The normalized spacial score (nSPS) is 19.8. The lowest BCUT2D eigenvalue weighted by atomic mass is 9.85. The van der Waals surface area contributed by atoms with Crippen molar-refractivity contribution in [3.63, 3.8) is 0 Å². The fourth-order valence-corrected chi connectivity index (χ4v) is 5.18. The van der Waals surface area contributed by atoms with Gasteiger partial charge in [0.25, 0.3) is 5.89 Å². The summed E-state index contributed by atoms with van der Waals surface area (Å²) >= 11 is 0. The van der Waals surface area contributed by atoms with E-state index < -0.39 is 5.60 Å². The van der Waals surface area contributed by atoms with E-state index in [-0.39, 0.29) is 11.9 Å². The van der Waals surface area contributed by atoms with Crippen LogP contribution in [0.3, 0.4) is 0 Å². The molecule has 188 valence electrons. The molecular formula is C30H31N4O3+. The van der Waals surface area contributed by atoms with Crippen molar-refractivity contribution in [3.8, 4) is 11.8 Å². The van der Waals surface area contributed by atoms with E-state index in [1.54, 1.807) is 12.1 Å². The minimum absolute atomic E-state index is 0.0238. The molecule has 3 unspecified atom stereocenters. The number of aromatic nitrogens is 2. The van der Waals surface area contributed by atoms with Gasteiger partial charge in [0.15, 0.2) is 18.2 Å². The summed E-state index contributed by atoms with van der Waals surface area (Å²) in [7, 11) is 0. The topological polar surface area (TPSA) is 96.6 Å². The van der Waals surface area contributed by atoms with Crippen LogP contribution in [0, 0.1) is 17.2 Å². The highest BCUT2D eigenvalue weighted by Gasteiger charge is 2.40. The van der Waals surface area contributed by atoms with E-state index in [0.29, 0.717) is 35.0 Å². The zero-order chi connectivity index (χ0) is 25.7. The van der Waals surface area contributed by atoms with E-state index >= 15 is 0 Å².